The molecule has 5 atom stereocenters. The minimum Gasteiger partial charge on any atom is -0.397 e. The maximum Gasteiger partial charge on any atom is 0.472 e. The van der Waals surface area contributed by atoms with E-state index in [2.05, 4.69) is 14.8 Å². The van der Waals surface area contributed by atoms with Crippen LogP contribution in [0.25, 0.3) is 11.0 Å². The molecule has 4 unspecified atom stereocenters. The Kier molecular flexibility index (Phi) is 3.89. The molecule has 7 N–H and O–H groups in total. The third-order valence-corrected chi connectivity index (χ3v) is 4.73. The summed E-state index contributed by atoms with van der Waals surface area (Å²) >= 11 is 0. The maximum absolute atomic E-state index is 11.5. The summed E-state index contributed by atoms with van der Waals surface area (Å²) in [6.45, 7) is -0.152. The van der Waals surface area contributed by atoms with Gasteiger partial charge in [-0.3, -0.25) is 9.05 Å². The van der Waals surface area contributed by atoms with Crippen LogP contribution < -0.4 is 11.9 Å². The molecule has 4 rings (SSSR count). The summed E-state index contributed by atoms with van der Waals surface area (Å²) in [5.74, 6) is 0. The Balaban J connectivity index is 0.00000156. The number of hydrogen-bond donors (Lipinski definition) is 4. The van der Waals surface area contributed by atoms with E-state index in [1.165, 1.54) is 4.68 Å². The van der Waals surface area contributed by atoms with E-state index in [-0.39, 0.29) is 12.8 Å². The Hall–Kier alpha value is -1.59. The number of phosphoric acid groups is 1. The molecule has 2 fully saturated rings. The fourth-order valence-corrected chi connectivity index (χ4v) is 3.67. The van der Waals surface area contributed by atoms with E-state index in [1.807, 2.05) is 0 Å². The standard InChI is InChI=1S/C11H13N4O6P.H3N/c12-5-2-1-3-6-8(5)13-14-15(6)11-9(16)10-7(20-11)4-19-22(17,18)21-10;/h1-3,7,9-11,16H,4,12H2,(H,17,18);1H3/t7?,9?,10-,11?;/m1./s1. The maximum atomic E-state index is 11.5. The van der Waals surface area contributed by atoms with Crippen LogP contribution in [-0.2, 0) is 18.3 Å². The van der Waals surface area contributed by atoms with Gasteiger partial charge in [0.25, 0.3) is 0 Å². The lowest BCUT2D eigenvalue weighted by Crippen LogP contribution is -2.39. The first kappa shape index (κ1) is 16.3. The van der Waals surface area contributed by atoms with E-state index in [9.17, 15) is 14.6 Å². The number of nitrogens with two attached hydrogens (primary N) is 1. The molecule has 23 heavy (non-hydrogen) atoms. The van der Waals surface area contributed by atoms with Crippen LogP contribution in [0, 0.1) is 0 Å². The zero-order valence-electron chi connectivity index (χ0n) is 11.8. The molecule has 2 aliphatic heterocycles. The highest BCUT2D eigenvalue weighted by Crippen LogP contribution is 2.52. The van der Waals surface area contributed by atoms with Crippen LogP contribution in [0.1, 0.15) is 6.23 Å². The van der Waals surface area contributed by atoms with Gasteiger partial charge in [-0.2, -0.15) is 0 Å². The van der Waals surface area contributed by atoms with Crippen LogP contribution in [0.15, 0.2) is 18.2 Å². The summed E-state index contributed by atoms with van der Waals surface area (Å²) in [7, 11) is -4.16. The van der Waals surface area contributed by atoms with Gasteiger partial charge in [-0.25, -0.2) is 9.25 Å². The molecule has 2 saturated heterocycles. The van der Waals surface area contributed by atoms with Gasteiger partial charge in [-0.05, 0) is 12.1 Å². The Morgan fingerprint density at radius 3 is 3.00 bits per heavy atom. The molecule has 0 amide bonds. The van der Waals surface area contributed by atoms with Gasteiger partial charge >= 0.3 is 7.82 Å². The van der Waals surface area contributed by atoms with Crippen molar-refractivity contribution in [2.24, 2.45) is 0 Å². The predicted octanol–water partition coefficient (Wildman–Crippen LogP) is -0.0504. The van der Waals surface area contributed by atoms with Crippen molar-refractivity contribution in [3.8, 4) is 0 Å². The molecule has 3 heterocycles. The molecule has 0 radical (unpaired) electrons. The molecule has 126 valence electrons. The van der Waals surface area contributed by atoms with Crippen molar-refractivity contribution in [2.75, 3.05) is 12.3 Å². The topological polar surface area (TPSA) is 177 Å². The second kappa shape index (κ2) is 5.49. The summed E-state index contributed by atoms with van der Waals surface area (Å²) in [6.07, 6.45) is -3.76. The van der Waals surface area contributed by atoms with Gasteiger partial charge in [0.2, 0.25) is 0 Å². The average molecular weight is 345 g/mol. The molecule has 0 bridgehead atoms. The second-order valence-electron chi connectivity index (χ2n) is 5.14. The number of anilines is 1. The first-order valence-electron chi connectivity index (χ1n) is 6.55. The van der Waals surface area contributed by atoms with Crippen LogP contribution in [0.5, 0.6) is 0 Å². The fourth-order valence-electron chi connectivity index (χ4n) is 2.71. The van der Waals surface area contributed by atoms with Crippen LogP contribution in [0.2, 0.25) is 0 Å². The monoisotopic (exact) mass is 345 g/mol. The average Bonchev–Trinajstić information content (AvgIpc) is 3.01. The Labute approximate surface area is 130 Å². The van der Waals surface area contributed by atoms with E-state index in [4.69, 9.17) is 15.0 Å². The van der Waals surface area contributed by atoms with E-state index < -0.39 is 32.4 Å². The molecule has 1 aromatic carbocycles. The lowest BCUT2D eigenvalue weighted by atomic mass is 10.1. The lowest BCUT2D eigenvalue weighted by Gasteiger charge is -2.27. The highest BCUT2D eigenvalue weighted by atomic mass is 31.2. The number of nitrogen functional groups attached to an aromatic ring is 1. The van der Waals surface area contributed by atoms with Gasteiger partial charge in [0.1, 0.15) is 23.8 Å². The minimum atomic E-state index is -4.16. The summed E-state index contributed by atoms with van der Waals surface area (Å²) in [6, 6.07) is 5.15. The van der Waals surface area contributed by atoms with E-state index in [1.54, 1.807) is 18.2 Å². The van der Waals surface area contributed by atoms with Gasteiger partial charge in [0, 0.05) is 0 Å². The number of nitrogens with zero attached hydrogens (tertiary/aromatic N) is 3. The smallest absolute Gasteiger partial charge is 0.397 e. The summed E-state index contributed by atoms with van der Waals surface area (Å²) in [5, 5.41) is 18.3. The van der Waals surface area contributed by atoms with Gasteiger partial charge in [-0.15, -0.1) is 5.10 Å². The molecule has 12 heteroatoms. The normalized spacial score (nSPS) is 36.6. The summed E-state index contributed by atoms with van der Waals surface area (Å²) in [4.78, 5) is 9.36. The minimum absolute atomic E-state index is 0. The molecule has 0 aliphatic carbocycles. The number of phosphoric ester groups is 1. The SMILES string of the molecule is N.Nc1cccc2c1nnn2C1OC2COP(=O)(O)O[C@H]2C1O. The number of ether oxygens (including phenoxy) is 1. The van der Waals surface area contributed by atoms with Gasteiger partial charge < -0.3 is 26.6 Å². The summed E-state index contributed by atoms with van der Waals surface area (Å²) in [5.41, 5.74) is 7.34. The number of hydrogen-bond acceptors (Lipinski definition) is 9. The van der Waals surface area contributed by atoms with E-state index >= 15 is 0 Å². The van der Waals surface area contributed by atoms with Crippen LogP contribution >= 0.6 is 7.82 Å². The molecule has 11 nitrogen and oxygen atoms in total. The highest BCUT2D eigenvalue weighted by Gasteiger charge is 2.53. The first-order valence-corrected chi connectivity index (χ1v) is 8.04. The van der Waals surface area contributed by atoms with Crippen molar-refractivity contribution in [1.82, 2.24) is 21.1 Å². The van der Waals surface area contributed by atoms with Crippen molar-refractivity contribution in [1.29, 1.82) is 0 Å². The van der Waals surface area contributed by atoms with Crippen molar-refractivity contribution in [3.05, 3.63) is 18.2 Å². The quantitative estimate of drug-likeness (QED) is 0.404. The molecule has 1 aromatic heterocycles. The molecular formula is C11H16N5O6P. The lowest BCUT2D eigenvalue weighted by molar-refractivity contribution is -0.0698. The molecular weight excluding hydrogens is 329 g/mol. The molecule has 2 aromatic rings. The van der Waals surface area contributed by atoms with Crippen molar-refractivity contribution < 1.29 is 28.3 Å². The van der Waals surface area contributed by atoms with Crippen LogP contribution in [0.3, 0.4) is 0 Å². The van der Waals surface area contributed by atoms with E-state index in [0.29, 0.717) is 16.7 Å². The number of fused-ring (bicyclic) bond motifs is 2. The third-order valence-electron chi connectivity index (χ3n) is 3.74. The van der Waals surface area contributed by atoms with Gasteiger partial charge in [0.15, 0.2) is 6.23 Å². The number of rotatable bonds is 1. The Bertz CT molecular complexity index is 783. The number of aromatic nitrogens is 3. The summed E-state index contributed by atoms with van der Waals surface area (Å²) < 4.78 is 28.1. The largest absolute Gasteiger partial charge is 0.472 e. The number of aliphatic hydroxyl groups is 1. The zero-order valence-corrected chi connectivity index (χ0v) is 12.7. The Morgan fingerprint density at radius 1 is 1.43 bits per heavy atom. The van der Waals surface area contributed by atoms with Crippen molar-refractivity contribution in [3.63, 3.8) is 0 Å². The van der Waals surface area contributed by atoms with Gasteiger partial charge in [0.05, 0.1) is 17.8 Å². The van der Waals surface area contributed by atoms with Crippen molar-refractivity contribution >= 4 is 24.5 Å². The van der Waals surface area contributed by atoms with Crippen LogP contribution in [-0.4, -0.2) is 49.9 Å². The molecule has 0 saturated carbocycles. The third kappa shape index (κ3) is 2.52. The van der Waals surface area contributed by atoms with Gasteiger partial charge in [-0.1, -0.05) is 11.3 Å². The van der Waals surface area contributed by atoms with Crippen molar-refractivity contribution in [2.45, 2.75) is 24.5 Å². The predicted molar refractivity (Wildman–Crippen MR) is 77.5 cm³/mol. The molecule has 0 spiro atoms. The highest BCUT2D eigenvalue weighted by molar-refractivity contribution is 7.47. The van der Waals surface area contributed by atoms with E-state index in [0.717, 1.165) is 0 Å². The Morgan fingerprint density at radius 2 is 2.22 bits per heavy atom. The zero-order chi connectivity index (χ0) is 15.5. The second-order valence-corrected chi connectivity index (χ2v) is 6.55. The fraction of sp³-hybridized carbons (Fsp3) is 0.455. The first-order chi connectivity index (χ1) is 10.5. The molecule has 2 aliphatic rings. The number of aliphatic hydroxyl groups excluding tert-OH is 1. The van der Waals surface area contributed by atoms with Crippen LogP contribution in [0.4, 0.5) is 5.69 Å². The number of benzene rings is 1.